The fourth-order valence-electron chi connectivity index (χ4n) is 1.67. The van der Waals surface area contributed by atoms with Crippen molar-refractivity contribution in [2.75, 3.05) is 25.6 Å². The predicted molar refractivity (Wildman–Crippen MR) is 78.7 cm³/mol. The second kappa shape index (κ2) is 7.06. The molecule has 0 atom stereocenters. The molecule has 2 heterocycles. The van der Waals surface area contributed by atoms with Gasteiger partial charge in [-0.1, -0.05) is 0 Å². The first-order valence-electron chi connectivity index (χ1n) is 5.92. The molecule has 0 radical (unpaired) electrons. The largest absolute Gasteiger partial charge is 0.383 e. The van der Waals surface area contributed by atoms with Crippen LogP contribution < -0.4 is 5.32 Å². The van der Waals surface area contributed by atoms with Crippen LogP contribution in [0.25, 0.3) is 11.3 Å². The van der Waals surface area contributed by atoms with Gasteiger partial charge in [-0.2, -0.15) is 0 Å². The van der Waals surface area contributed by atoms with Crippen LogP contribution in [0.5, 0.6) is 0 Å². The van der Waals surface area contributed by atoms with Crippen LogP contribution in [-0.2, 0) is 4.74 Å². The van der Waals surface area contributed by atoms with Crippen LogP contribution in [0.2, 0.25) is 0 Å². The lowest BCUT2D eigenvalue weighted by atomic mass is 10.1. The predicted octanol–water partition coefficient (Wildman–Crippen LogP) is 2.17. The summed E-state index contributed by atoms with van der Waals surface area (Å²) in [5.41, 5.74) is 1.54. The summed E-state index contributed by atoms with van der Waals surface area (Å²) in [6, 6.07) is 3.54. The third kappa shape index (κ3) is 3.37. The molecule has 2 rings (SSSR count). The number of halogens is 1. The van der Waals surface area contributed by atoms with E-state index in [4.69, 9.17) is 4.74 Å². The summed E-state index contributed by atoms with van der Waals surface area (Å²) in [5, 5.41) is 3.13. The zero-order valence-corrected chi connectivity index (χ0v) is 12.4. The lowest BCUT2D eigenvalue weighted by molar-refractivity contribution is 0.111. The summed E-state index contributed by atoms with van der Waals surface area (Å²) >= 11 is 3.29. The number of carbonyl (C=O) groups excluding carboxylic acids is 1. The molecule has 6 nitrogen and oxygen atoms in total. The molecule has 7 heteroatoms. The lowest BCUT2D eigenvalue weighted by Gasteiger charge is -2.11. The van der Waals surface area contributed by atoms with Crippen LogP contribution >= 0.6 is 15.9 Å². The van der Waals surface area contributed by atoms with Crippen molar-refractivity contribution < 1.29 is 9.53 Å². The van der Waals surface area contributed by atoms with Gasteiger partial charge in [0.2, 0.25) is 0 Å². The summed E-state index contributed by atoms with van der Waals surface area (Å²) in [4.78, 5) is 23.8. The quantitative estimate of drug-likeness (QED) is 0.643. The molecule has 0 saturated carbocycles. The standard InChI is InChI=1S/C13H13BrN4O2/c1-20-6-5-16-13-12(18-11(14)7-17-13)9-3-2-4-15-10(9)8-19/h2-4,7-8H,5-6H2,1H3,(H,16,17). The molecule has 0 aromatic carbocycles. The number of ether oxygens (including phenoxy) is 1. The Morgan fingerprint density at radius 3 is 3.05 bits per heavy atom. The summed E-state index contributed by atoms with van der Waals surface area (Å²) in [7, 11) is 1.63. The highest BCUT2D eigenvalue weighted by Gasteiger charge is 2.13. The summed E-state index contributed by atoms with van der Waals surface area (Å²) in [6.45, 7) is 1.14. The Morgan fingerprint density at radius 2 is 2.30 bits per heavy atom. The van der Waals surface area contributed by atoms with Gasteiger partial charge in [0.1, 0.15) is 16.0 Å². The van der Waals surface area contributed by atoms with Crippen molar-refractivity contribution in [1.82, 2.24) is 15.0 Å². The number of carbonyl (C=O) groups is 1. The first-order valence-corrected chi connectivity index (χ1v) is 6.71. The molecule has 0 amide bonds. The van der Waals surface area contributed by atoms with Crippen LogP contribution in [0.1, 0.15) is 10.5 Å². The monoisotopic (exact) mass is 336 g/mol. The van der Waals surface area contributed by atoms with Gasteiger partial charge in [-0.15, -0.1) is 0 Å². The Labute approximate surface area is 124 Å². The van der Waals surface area contributed by atoms with Crippen LogP contribution in [0.4, 0.5) is 5.82 Å². The molecule has 20 heavy (non-hydrogen) atoms. The van der Waals surface area contributed by atoms with E-state index in [2.05, 4.69) is 36.2 Å². The molecule has 104 valence electrons. The van der Waals surface area contributed by atoms with E-state index in [1.54, 1.807) is 31.6 Å². The molecule has 0 fully saturated rings. The summed E-state index contributed by atoms with van der Waals surface area (Å²) < 4.78 is 5.58. The Balaban J connectivity index is 2.43. The fourth-order valence-corrected chi connectivity index (χ4v) is 1.95. The molecule has 0 spiro atoms. The first-order chi connectivity index (χ1) is 9.76. The Morgan fingerprint density at radius 1 is 1.45 bits per heavy atom. The van der Waals surface area contributed by atoms with Crippen LogP contribution in [0, 0.1) is 0 Å². The fraction of sp³-hybridized carbons (Fsp3) is 0.231. The van der Waals surface area contributed by atoms with E-state index in [1.165, 1.54) is 0 Å². The molecular formula is C13H13BrN4O2. The lowest BCUT2D eigenvalue weighted by Crippen LogP contribution is -2.11. The third-order valence-electron chi connectivity index (χ3n) is 2.55. The van der Waals surface area contributed by atoms with Gasteiger partial charge in [-0.3, -0.25) is 9.78 Å². The number of hydrogen-bond donors (Lipinski definition) is 1. The van der Waals surface area contributed by atoms with Gasteiger partial charge in [0.05, 0.1) is 12.8 Å². The van der Waals surface area contributed by atoms with Crippen molar-refractivity contribution in [2.24, 2.45) is 0 Å². The van der Waals surface area contributed by atoms with E-state index in [9.17, 15) is 4.79 Å². The van der Waals surface area contributed by atoms with Crippen LogP contribution in [0.15, 0.2) is 29.1 Å². The van der Waals surface area contributed by atoms with Crippen molar-refractivity contribution in [2.45, 2.75) is 0 Å². The average Bonchev–Trinajstić information content (AvgIpc) is 2.49. The SMILES string of the molecule is COCCNc1ncc(Br)nc1-c1cccnc1C=O. The minimum atomic E-state index is 0.328. The van der Waals surface area contributed by atoms with Gasteiger partial charge in [-0.25, -0.2) is 9.97 Å². The normalized spacial score (nSPS) is 10.3. The molecule has 0 aliphatic rings. The molecule has 0 unspecified atom stereocenters. The number of methoxy groups -OCH3 is 1. The smallest absolute Gasteiger partial charge is 0.169 e. The van der Waals surface area contributed by atoms with E-state index >= 15 is 0 Å². The van der Waals surface area contributed by atoms with Crippen molar-refractivity contribution in [3.8, 4) is 11.3 Å². The van der Waals surface area contributed by atoms with E-state index < -0.39 is 0 Å². The second-order valence-electron chi connectivity index (χ2n) is 3.86. The van der Waals surface area contributed by atoms with Crippen molar-refractivity contribution >= 4 is 28.0 Å². The minimum absolute atomic E-state index is 0.328. The molecular weight excluding hydrogens is 324 g/mol. The number of nitrogens with one attached hydrogen (secondary N) is 1. The average molecular weight is 337 g/mol. The van der Waals surface area contributed by atoms with Gasteiger partial charge < -0.3 is 10.1 Å². The summed E-state index contributed by atoms with van der Waals surface area (Å²) in [6.07, 6.45) is 3.86. The molecule has 0 aliphatic heterocycles. The Hall–Kier alpha value is -1.86. The minimum Gasteiger partial charge on any atom is -0.383 e. The van der Waals surface area contributed by atoms with Crippen LogP contribution in [0.3, 0.4) is 0 Å². The number of aldehydes is 1. The third-order valence-corrected chi connectivity index (χ3v) is 2.93. The zero-order valence-electron chi connectivity index (χ0n) is 10.8. The number of aromatic nitrogens is 3. The number of nitrogens with zero attached hydrogens (tertiary/aromatic N) is 3. The highest BCUT2D eigenvalue weighted by atomic mass is 79.9. The van der Waals surface area contributed by atoms with Gasteiger partial charge >= 0.3 is 0 Å². The van der Waals surface area contributed by atoms with Gasteiger partial charge in [0.25, 0.3) is 0 Å². The first kappa shape index (κ1) is 14.5. The molecule has 2 aromatic heterocycles. The molecule has 0 bridgehead atoms. The summed E-state index contributed by atoms with van der Waals surface area (Å²) in [5.74, 6) is 0.585. The molecule has 1 N–H and O–H groups in total. The molecule has 0 aliphatic carbocycles. The highest BCUT2D eigenvalue weighted by Crippen LogP contribution is 2.27. The van der Waals surface area contributed by atoms with Crippen molar-refractivity contribution in [1.29, 1.82) is 0 Å². The van der Waals surface area contributed by atoms with E-state index in [0.29, 0.717) is 46.8 Å². The second-order valence-corrected chi connectivity index (χ2v) is 4.68. The number of anilines is 1. The van der Waals surface area contributed by atoms with E-state index in [-0.39, 0.29) is 0 Å². The Kier molecular flexibility index (Phi) is 5.14. The van der Waals surface area contributed by atoms with Crippen molar-refractivity contribution in [3.63, 3.8) is 0 Å². The topological polar surface area (TPSA) is 77.0 Å². The number of pyridine rings is 1. The van der Waals surface area contributed by atoms with Gasteiger partial charge in [0.15, 0.2) is 12.1 Å². The van der Waals surface area contributed by atoms with Gasteiger partial charge in [-0.05, 0) is 28.1 Å². The molecule has 2 aromatic rings. The van der Waals surface area contributed by atoms with Gasteiger partial charge in [0, 0.05) is 25.4 Å². The maximum atomic E-state index is 11.1. The number of rotatable bonds is 6. The number of hydrogen-bond acceptors (Lipinski definition) is 6. The highest BCUT2D eigenvalue weighted by molar-refractivity contribution is 9.10. The molecule has 0 saturated heterocycles. The van der Waals surface area contributed by atoms with E-state index in [1.807, 2.05) is 0 Å². The maximum absolute atomic E-state index is 11.1. The van der Waals surface area contributed by atoms with Crippen LogP contribution in [-0.4, -0.2) is 41.5 Å². The Bertz CT molecular complexity index is 607. The van der Waals surface area contributed by atoms with Crippen molar-refractivity contribution in [3.05, 3.63) is 34.8 Å². The zero-order chi connectivity index (χ0) is 14.4. The van der Waals surface area contributed by atoms with E-state index in [0.717, 1.165) is 0 Å². The maximum Gasteiger partial charge on any atom is 0.169 e.